The van der Waals surface area contributed by atoms with E-state index in [1.54, 1.807) is 19.1 Å². The molecule has 0 fully saturated rings. The maximum Gasteiger partial charge on any atom is 0.416 e. The molecule has 0 radical (unpaired) electrons. The number of aliphatic hydroxyl groups excluding tert-OH is 1. The van der Waals surface area contributed by atoms with Crippen LogP contribution >= 0.6 is 11.3 Å². The van der Waals surface area contributed by atoms with E-state index >= 15 is 0 Å². The summed E-state index contributed by atoms with van der Waals surface area (Å²) in [5.74, 6) is -0.0635. The predicted octanol–water partition coefficient (Wildman–Crippen LogP) is 4.19. The molecule has 1 aromatic carbocycles. The number of rotatable bonds is 5. The fourth-order valence-electron chi connectivity index (χ4n) is 2.54. The number of nitrogens with one attached hydrogen (secondary N) is 1. The largest absolute Gasteiger partial charge is 0.462 e. The van der Waals surface area contributed by atoms with Gasteiger partial charge in [0.15, 0.2) is 10.8 Å². The molecule has 0 saturated carbocycles. The van der Waals surface area contributed by atoms with Gasteiger partial charge >= 0.3 is 6.18 Å². The zero-order valence-electron chi connectivity index (χ0n) is 14.1. The average molecular weight is 396 g/mol. The summed E-state index contributed by atoms with van der Waals surface area (Å²) < 4.78 is 44.4. The van der Waals surface area contributed by atoms with Gasteiger partial charge in [0.05, 0.1) is 17.9 Å². The number of furan rings is 1. The number of aliphatic hydroxyl groups is 1. The molecule has 0 aliphatic heterocycles. The molecule has 27 heavy (non-hydrogen) atoms. The van der Waals surface area contributed by atoms with Crippen molar-refractivity contribution in [3.8, 4) is 10.8 Å². The highest BCUT2D eigenvalue weighted by molar-refractivity contribution is 7.15. The smallest absolute Gasteiger partial charge is 0.416 e. The van der Waals surface area contributed by atoms with Crippen LogP contribution in [0.25, 0.3) is 10.8 Å². The zero-order chi connectivity index (χ0) is 19.6. The monoisotopic (exact) mass is 396 g/mol. The third-order valence-electron chi connectivity index (χ3n) is 3.82. The van der Waals surface area contributed by atoms with Crippen LogP contribution < -0.4 is 5.32 Å². The van der Waals surface area contributed by atoms with Crippen LogP contribution in [-0.2, 0) is 6.18 Å². The van der Waals surface area contributed by atoms with Crippen molar-refractivity contribution in [1.82, 2.24) is 10.3 Å². The zero-order valence-corrected chi connectivity index (χ0v) is 14.9. The second-order valence-corrected chi connectivity index (χ2v) is 6.92. The maximum atomic E-state index is 13.0. The molecular weight excluding hydrogens is 381 g/mol. The third-order valence-corrected chi connectivity index (χ3v) is 4.81. The molecule has 2 heterocycles. The summed E-state index contributed by atoms with van der Waals surface area (Å²) in [4.78, 5) is 17.2. The first-order valence-corrected chi connectivity index (χ1v) is 8.72. The molecule has 0 aliphatic carbocycles. The quantitative estimate of drug-likeness (QED) is 0.678. The minimum Gasteiger partial charge on any atom is -0.462 e. The summed E-state index contributed by atoms with van der Waals surface area (Å²) in [7, 11) is 0. The summed E-state index contributed by atoms with van der Waals surface area (Å²) in [6.07, 6.45) is -4.61. The number of hydrogen-bond donors (Lipinski definition) is 2. The molecule has 3 aromatic rings. The van der Waals surface area contributed by atoms with E-state index in [-0.39, 0.29) is 17.8 Å². The van der Waals surface area contributed by atoms with Gasteiger partial charge in [-0.1, -0.05) is 18.2 Å². The van der Waals surface area contributed by atoms with E-state index in [2.05, 4.69) is 10.3 Å². The van der Waals surface area contributed by atoms with Crippen molar-refractivity contribution in [2.24, 2.45) is 0 Å². The van der Waals surface area contributed by atoms with Crippen LogP contribution in [0.15, 0.2) is 47.1 Å². The van der Waals surface area contributed by atoms with Crippen LogP contribution in [0.3, 0.4) is 0 Å². The van der Waals surface area contributed by atoms with Gasteiger partial charge in [-0.25, -0.2) is 4.98 Å². The Morgan fingerprint density at radius 2 is 2.04 bits per heavy atom. The topological polar surface area (TPSA) is 75.4 Å². The number of carbonyl (C=O) groups is 1. The molecule has 142 valence electrons. The van der Waals surface area contributed by atoms with Gasteiger partial charge < -0.3 is 14.8 Å². The maximum absolute atomic E-state index is 13.0. The normalized spacial score (nSPS) is 12.8. The minimum absolute atomic E-state index is 0.141. The van der Waals surface area contributed by atoms with E-state index in [4.69, 9.17) is 4.42 Å². The number of benzene rings is 1. The number of nitrogens with zero attached hydrogens (tertiary/aromatic N) is 1. The van der Waals surface area contributed by atoms with Crippen molar-refractivity contribution in [2.75, 3.05) is 6.54 Å². The number of alkyl halides is 3. The van der Waals surface area contributed by atoms with Crippen LogP contribution in [-0.4, -0.2) is 22.5 Å². The Labute approximate surface area is 156 Å². The number of aryl methyl sites for hydroxylation is 1. The second kappa shape index (κ2) is 7.53. The lowest BCUT2D eigenvalue weighted by Gasteiger charge is -2.17. The van der Waals surface area contributed by atoms with Gasteiger partial charge in [0.1, 0.15) is 5.69 Å². The lowest BCUT2D eigenvalue weighted by atomic mass is 10.0. The van der Waals surface area contributed by atoms with Gasteiger partial charge in [-0.2, -0.15) is 13.2 Å². The highest BCUT2D eigenvalue weighted by atomic mass is 32.1. The highest BCUT2D eigenvalue weighted by Crippen LogP contribution is 2.34. The Morgan fingerprint density at radius 1 is 1.30 bits per heavy atom. The number of thiazole rings is 1. The van der Waals surface area contributed by atoms with E-state index in [9.17, 15) is 23.1 Å². The van der Waals surface area contributed by atoms with Gasteiger partial charge in [0.2, 0.25) is 0 Å². The van der Waals surface area contributed by atoms with Gasteiger partial charge in [0, 0.05) is 11.4 Å². The van der Waals surface area contributed by atoms with Crippen LogP contribution in [0.5, 0.6) is 0 Å². The first-order valence-electron chi connectivity index (χ1n) is 7.91. The molecule has 5 nitrogen and oxygen atoms in total. The molecule has 0 spiro atoms. The van der Waals surface area contributed by atoms with Crippen molar-refractivity contribution in [3.63, 3.8) is 0 Å². The van der Waals surface area contributed by atoms with E-state index < -0.39 is 23.8 Å². The summed E-state index contributed by atoms with van der Waals surface area (Å²) in [5.41, 5.74) is -1.09. The first-order chi connectivity index (χ1) is 12.8. The Kier molecular flexibility index (Phi) is 5.33. The molecule has 1 amide bonds. The van der Waals surface area contributed by atoms with Crippen molar-refractivity contribution in [3.05, 3.63) is 64.4 Å². The molecule has 2 N–H and O–H groups in total. The Morgan fingerprint density at radius 3 is 2.70 bits per heavy atom. The molecule has 0 saturated heterocycles. The molecular formula is C18H15F3N2O3S. The molecule has 9 heteroatoms. The van der Waals surface area contributed by atoms with Crippen molar-refractivity contribution >= 4 is 17.2 Å². The van der Waals surface area contributed by atoms with Crippen LogP contribution in [0.2, 0.25) is 0 Å². The van der Waals surface area contributed by atoms with Crippen molar-refractivity contribution < 1.29 is 27.5 Å². The number of amides is 1. The lowest BCUT2D eigenvalue weighted by molar-refractivity contribution is -0.139. The van der Waals surface area contributed by atoms with Gasteiger partial charge in [-0.15, -0.1) is 11.3 Å². The fourth-order valence-corrected chi connectivity index (χ4v) is 3.42. The van der Waals surface area contributed by atoms with Crippen molar-refractivity contribution in [1.29, 1.82) is 0 Å². The molecule has 0 bridgehead atoms. The SMILES string of the molecule is Cc1sc(-c2ccco2)nc1C(=O)NCC(O)c1ccccc1C(F)(F)F. The first kappa shape index (κ1) is 19.1. The third kappa shape index (κ3) is 4.20. The van der Waals surface area contributed by atoms with E-state index in [1.165, 1.54) is 35.8 Å². The van der Waals surface area contributed by atoms with Crippen molar-refractivity contribution in [2.45, 2.75) is 19.2 Å². The van der Waals surface area contributed by atoms with Gasteiger partial charge in [0.25, 0.3) is 5.91 Å². The molecule has 3 rings (SSSR count). The number of carbonyl (C=O) groups excluding carboxylic acids is 1. The summed E-state index contributed by atoms with van der Waals surface area (Å²) in [6.45, 7) is 1.33. The average Bonchev–Trinajstić information content (AvgIpc) is 3.28. The number of halogens is 3. The molecule has 2 aromatic heterocycles. The summed E-state index contributed by atoms with van der Waals surface area (Å²) in [6, 6.07) is 8.11. The summed E-state index contributed by atoms with van der Waals surface area (Å²) in [5, 5.41) is 13.1. The Bertz CT molecular complexity index is 936. The van der Waals surface area contributed by atoms with E-state index in [0.29, 0.717) is 15.6 Å². The number of hydrogen-bond acceptors (Lipinski definition) is 5. The lowest BCUT2D eigenvalue weighted by Crippen LogP contribution is -2.30. The minimum atomic E-state index is -4.59. The van der Waals surface area contributed by atoms with Crippen LogP contribution in [0, 0.1) is 6.92 Å². The van der Waals surface area contributed by atoms with E-state index in [1.807, 2.05) is 0 Å². The van der Waals surface area contributed by atoms with Gasteiger partial charge in [-0.05, 0) is 30.7 Å². The van der Waals surface area contributed by atoms with Gasteiger partial charge in [-0.3, -0.25) is 4.79 Å². The predicted molar refractivity (Wildman–Crippen MR) is 93.3 cm³/mol. The molecule has 1 unspecified atom stereocenters. The van der Waals surface area contributed by atoms with Crippen LogP contribution in [0.1, 0.15) is 32.6 Å². The highest BCUT2D eigenvalue weighted by Gasteiger charge is 2.34. The summed E-state index contributed by atoms with van der Waals surface area (Å²) >= 11 is 1.26. The Balaban J connectivity index is 1.72. The molecule has 0 aliphatic rings. The van der Waals surface area contributed by atoms with Crippen LogP contribution in [0.4, 0.5) is 13.2 Å². The second-order valence-electron chi connectivity index (χ2n) is 5.71. The van der Waals surface area contributed by atoms with E-state index in [0.717, 1.165) is 6.07 Å². The fraction of sp³-hybridized carbons (Fsp3) is 0.222. The molecule has 1 atom stereocenters. The Hall–Kier alpha value is -2.65. The number of aromatic nitrogens is 1. The standard InChI is InChI=1S/C18H15F3N2O3S/c1-10-15(23-17(27-10)14-7-4-8-26-14)16(25)22-9-13(24)11-5-2-3-6-12(11)18(19,20)21/h2-8,13,24H,9H2,1H3,(H,22,25).